The van der Waals surface area contributed by atoms with Gasteiger partial charge in [0.05, 0.1) is 0 Å². The number of alkyl halides is 3. The molecule has 0 saturated carbocycles. The van der Waals surface area contributed by atoms with Gasteiger partial charge in [-0.25, -0.2) is 9.18 Å². The fourth-order valence-electron chi connectivity index (χ4n) is 3.91. The van der Waals surface area contributed by atoms with Gasteiger partial charge >= 0.3 is 12.2 Å². The van der Waals surface area contributed by atoms with Crippen LogP contribution in [0.25, 0.3) is 11.3 Å². The van der Waals surface area contributed by atoms with E-state index in [9.17, 15) is 37.1 Å². The second kappa shape index (κ2) is 8.66. The van der Waals surface area contributed by atoms with Crippen LogP contribution in [0.4, 0.5) is 22.4 Å². The van der Waals surface area contributed by atoms with Crippen LogP contribution in [0.1, 0.15) is 39.4 Å². The van der Waals surface area contributed by atoms with Gasteiger partial charge in [-0.2, -0.15) is 13.2 Å². The van der Waals surface area contributed by atoms with E-state index in [4.69, 9.17) is 4.42 Å². The second-order valence-corrected chi connectivity index (χ2v) is 8.02. The van der Waals surface area contributed by atoms with Gasteiger partial charge in [-0.3, -0.25) is 9.59 Å². The predicted molar refractivity (Wildman–Crippen MR) is 114 cm³/mol. The monoisotopic (exact) mass is 490 g/mol. The summed E-state index contributed by atoms with van der Waals surface area (Å²) >= 11 is 0. The lowest BCUT2D eigenvalue weighted by atomic mass is 9.79. The van der Waals surface area contributed by atoms with Crippen molar-refractivity contribution in [2.45, 2.75) is 24.9 Å². The molecule has 0 aliphatic carbocycles. The average Bonchev–Trinajstić information content (AvgIpc) is 3.28. The predicted octanol–water partition coefficient (Wildman–Crippen LogP) is 4.39. The van der Waals surface area contributed by atoms with Crippen molar-refractivity contribution in [1.82, 2.24) is 10.6 Å². The Kier molecular flexibility index (Phi) is 5.97. The lowest BCUT2D eigenvalue weighted by Gasteiger charge is -2.44. The van der Waals surface area contributed by atoms with Crippen molar-refractivity contribution >= 4 is 17.6 Å². The maximum atomic E-state index is 14.0. The molecule has 0 radical (unpaired) electrons. The number of nitrogens with one attached hydrogen (secondary N) is 2. The third-order valence-corrected chi connectivity index (χ3v) is 5.73. The Labute approximate surface area is 195 Å². The van der Waals surface area contributed by atoms with Crippen molar-refractivity contribution in [3.63, 3.8) is 0 Å². The summed E-state index contributed by atoms with van der Waals surface area (Å²) in [5.41, 5.74) is -3.34. The topological polar surface area (TPSA) is 109 Å². The van der Waals surface area contributed by atoms with Crippen LogP contribution < -0.4 is 10.6 Å². The third-order valence-electron chi connectivity index (χ3n) is 5.73. The molecular weight excluding hydrogens is 472 g/mol. The van der Waals surface area contributed by atoms with Crippen LogP contribution in [0.2, 0.25) is 0 Å². The number of carbonyl (C=O) groups is 3. The molecular formula is C24H18F4N2O5. The first-order chi connectivity index (χ1) is 16.4. The number of Topliss-reactive ketones (excluding diaryl/α,β-unsaturated/α-hetero) is 2. The van der Waals surface area contributed by atoms with E-state index in [-0.39, 0.29) is 22.9 Å². The molecule has 3 aromatic rings. The first-order valence-electron chi connectivity index (χ1n) is 10.3. The van der Waals surface area contributed by atoms with Gasteiger partial charge in [-0.05, 0) is 43.3 Å². The highest BCUT2D eigenvalue weighted by molar-refractivity contribution is 6.00. The lowest BCUT2D eigenvalue weighted by Crippen LogP contribution is -2.72. The molecule has 2 heterocycles. The van der Waals surface area contributed by atoms with Crippen molar-refractivity contribution in [1.29, 1.82) is 0 Å². The zero-order valence-corrected chi connectivity index (χ0v) is 18.0. The summed E-state index contributed by atoms with van der Waals surface area (Å²) in [6, 6.07) is 9.52. The molecule has 4 rings (SSSR count). The maximum Gasteiger partial charge on any atom is 0.437 e. The Bertz CT molecular complexity index is 1280. The van der Waals surface area contributed by atoms with Crippen molar-refractivity contribution in [3.05, 3.63) is 83.4 Å². The highest BCUT2D eigenvalue weighted by Gasteiger charge is 2.66. The summed E-state index contributed by atoms with van der Waals surface area (Å²) in [7, 11) is 0. The second-order valence-electron chi connectivity index (χ2n) is 8.02. The molecule has 2 amide bonds. The van der Waals surface area contributed by atoms with E-state index >= 15 is 0 Å². The molecule has 11 heteroatoms. The molecule has 35 heavy (non-hydrogen) atoms. The normalized spacial score (nSPS) is 22.3. The van der Waals surface area contributed by atoms with Gasteiger partial charge in [-0.15, -0.1) is 0 Å². The molecule has 0 spiro atoms. The smallest absolute Gasteiger partial charge is 0.437 e. The molecule has 7 nitrogen and oxygen atoms in total. The molecule has 1 fully saturated rings. The van der Waals surface area contributed by atoms with E-state index in [1.807, 2.05) is 0 Å². The largest absolute Gasteiger partial charge is 0.459 e. The van der Waals surface area contributed by atoms with Gasteiger partial charge in [0.25, 0.3) is 0 Å². The van der Waals surface area contributed by atoms with Crippen molar-refractivity contribution in [2.24, 2.45) is 5.92 Å². The summed E-state index contributed by atoms with van der Waals surface area (Å²) < 4.78 is 61.0. The number of hydrogen-bond acceptors (Lipinski definition) is 5. The Morgan fingerprint density at radius 2 is 1.57 bits per heavy atom. The molecule has 0 bridgehead atoms. The number of hydrogen-bond donors (Lipinski definition) is 3. The Hall–Kier alpha value is -3.99. The van der Waals surface area contributed by atoms with E-state index < -0.39 is 41.5 Å². The Morgan fingerprint density at radius 3 is 2.14 bits per heavy atom. The van der Waals surface area contributed by atoms with E-state index in [1.54, 1.807) is 12.1 Å². The number of urea groups is 1. The summed E-state index contributed by atoms with van der Waals surface area (Å²) in [6.07, 6.45) is -5.44. The van der Waals surface area contributed by atoms with E-state index in [0.29, 0.717) is 11.1 Å². The fourth-order valence-corrected chi connectivity index (χ4v) is 3.91. The van der Waals surface area contributed by atoms with Crippen LogP contribution in [-0.2, 0) is 0 Å². The minimum absolute atomic E-state index is 0.164. The number of furan rings is 1. The highest BCUT2D eigenvalue weighted by atomic mass is 19.4. The summed E-state index contributed by atoms with van der Waals surface area (Å²) in [5, 5.41) is 14.2. The first-order valence-corrected chi connectivity index (χ1v) is 10.3. The zero-order chi connectivity index (χ0) is 25.5. The van der Waals surface area contributed by atoms with Gasteiger partial charge in [0.1, 0.15) is 29.3 Å². The van der Waals surface area contributed by atoms with Gasteiger partial charge in [-0.1, -0.05) is 24.3 Å². The van der Waals surface area contributed by atoms with Gasteiger partial charge in [0, 0.05) is 16.7 Å². The van der Waals surface area contributed by atoms with E-state index in [0.717, 1.165) is 24.3 Å². The number of carbonyl (C=O) groups excluding carboxylic acids is 3. The molecule has 1 aliphatic rings. The third kappa shape index (κ3) is 4.42. The number of rotatable bonds is 5. The number of aliphatic hydroxyl groups is 1. The molecule has 0 unspecified atom stereocenters. The molecule has 3 N–H and O–H groups in total. The minimum atomic E-state index is -5.44. The number of benzene rings is 2. The summed E-state index contributed by atoms with van der Waals surface area (Å²) in [5.74, 6) is -4.44. The van der Waals surface area contributed by atoms with Gasteiger partial charge < -0.3 is 20.2 Å². The van der Waals surface area contributed by atoms with Crippen LogP contribution in [0.3, 0.4) is 0 Å². The van der Waals surface area contributed by atoms with Gasteiger partial charge in [0.2, 0.25) is 5.72 Å². The van der Waals surface area contributed by atoms with Crippen LogP contribution >= 0.6 is 0 Å². The molecule has 1 saturated heterocycles. The highest BCUT2D eigenvalue weighted by Crippen LogP contribution is 2.44. The standard InChI is InChI=1S/C24H18F4N2O5/c1-12(31)13-2-4-14(5-3-13)17-10-11-18(35-17)20-19(21(32)15-6-8-16(25)9-7-15)23(34,24(26,27)28)30-22(33)29-20/h2-11,19-20,34H,1H3,(H2,29,30,33)/t19-,20+,23-/m1/s1. The molecule has 182 valence electrons. The summed E-state index contributed by atoms with van der Waals surface area (Å²) in [4.78, 5) is 36.8. The first kappa shape index (κ1) is 24.1. The Balaban J connectivity index is 1.78. The average molecular weight is 490 g/mol. The molecule has 1 aromatic heterocycles. The molecule has 2 aromatic carbocycles. The SMILES string of the molecule is CC(=O)c1ccc(-c2ccc([C@@H]3NC(=O)N[C@](O)(C(F)(F)F)[C@H]3C(=O)c3ccc(F)cc3)o2)cc1. The van der Waals surface area contributed by atoms with Crippen molar-refractivity contribution in [2.75, 3.05) is 0 Å². The number of amides is 2. The summed E-state index contributed by atoms with van der Waals surface area (Å²) in [6.45, 7) is 1.39. The molecule has 3 atom stereocenters. The van der Waals surface area contributed by atoms with E-state index in [2.05, 4.69) is 5.32 Å². The number of ketones is 2. The van der Waals surface area contributed by atoms with Gasteiger partial charge in [0.15, 0.2) is 11.6 Å². The van der Waals surface area contributed by atoms with Crippen LogP contribution in [0.5, 0.6) is 0 Å². The molecule has 1 aliphatic heterocycles. The van der Waals surface area contributed by atoms with E-state index in [1.165, 1.54) is 36.5 Å². The quantitative estimate of drug-likeness (QED) is 0.363. The van der Waals surface area contributed by atoms with Crippen molar-refractivity contribution < 1.29 is 41.5 Å². The fraction of sp³-hybridized carbons (Fsp3) is 0.208. The maximum absolute atomic E-state index is 14.0. The van der Waals surface area contributed by atoms with Crippen LogP contribution in [-0.4, -0.2) is 34.6 Å². The van der Waals surface area contributed by atoms with Crippen molar-refractivity contribution in [3.8, 4) is 11.3 Å². The minimum Gasteiger partial charge on any atom is -0.459 e. The lowest BCUT2D eigenvalue weighted by molar-refractivity contribution is -0.288. The van der Waals surface area contributed by atoms with Crippen LogP contribution in [0.15, 0.2) is 65.1 Å². The number of halogens is 4. The van der Waals surface area contributed by atoms with Crippen LogP contribution in [0, 0.1) is 11.7 Å². The zero-order valence-electron chi connectivity index (χ0n) is 18.0. The Morgan fingerprint density at radius 1 is 0.971 bits per heavy atom.